The molecule has 2 heterocycles. The summed E-state index contributed by atoms with van der Waals surface area (Å²) in [5.41, 5.74) is 3.91. The third kappa shape index (κ3) is 3.93. The smallest absolute Gasteiger partial charge is 0.260 e. The third-order valence-electron chi connectivity index (χ3n) is 4.84. The maximum Gasteiger partial charge on any atom is 0.260 e. The Kier molecular flexibility index (Phi) is 5.55. The zero-order chi connectivity index (χ0) is 21.1. The van der Waals surface area contributed by atoms with E-state index in [0.29, 0.717) is 28.7 Å². The quantitative estimate of drug-likeness (QED) is 0.432. The molecular weight excluding hydrogens is 392 g/mol. The molecule has 6 heteroatoms. The Balaban J connectivity index is 1.79. The number of carbonyl (C=O) groups excluding carboxylic acids is 1. The van der Waals surface area contributed by atoms with Crippen LogP contribution in [0.25, 0.3) is 10.2 Å². The molecule has 0 bridgehead atoms. The lowest BCUT2D eigenvalue weighted by Crippen LogP contribution is -2.30. The van der Waals surface area contributed by atoms with Crippen molar-refractivity contribution in [2.45, 2.75) is 26.3 Å². The molecule has 5 nitrogen and oxygen atoms in total. The molecule has 1 amide bonds. The van der Waals surface area contributed by atoms with Crippen molar-refractivity contribution in [2.75, 3.05) is 4.90 Å². The number of nitriles is 1. The van der Waals surface area contributed by atoms with Gasteiger partial charge in [0, 0.05) is 11.8 Å². The zero-order valence-corrected chi connectivity index (χ0v) is 17.6. The Morgan fingerprint density at radius 3 is 2.57 bits per heavy atom. The zero-order valence-electron chi connectivity index (χ0n) is 16.7. The van der Waals surface area contributed by atoms with Crippen molar-refractivity contribution in [3.63, 3.8) is 0 Å². The Hall–Kier alpha value is -3.56. The number of rotatable bonds is 5. The van der Waals surface area contributed by atoms with Gasteiger partial charge in [-0.2, -0.15) is 5.26 Å². The van der Waals surface area contributed by atoms with Gasteiger partial charge in [-0.1, -0.05) is 43.4 Å². The minimum Gasteiger partial charge on any atom is -0.278 e. The second-order valence-electron chi connectivity index (χ2n) is 7.25. The van der Waals surface area contributed by atoms with E-state index in [1.165, 1.54) is 16.9 Å². The topological polar surface area (TPSA) is 69.9 Å². The van der Waals surface area contributed by atoms with Gasteiger partial charge in [-0.15, -0.1) is 0 Å². The number of carbonyl (C=O) groups is 1. The molecule has 148 valence electrons. The predicted octanol–water partition coefficient (Wildman–Crippen LogP) is 5.53. The number of hydrogen-bond donors (Lipinski definition) is 0. The number of benzene rings is 2. The van der Waals surface area contributed by atoms with Crippen LogP contribution in [0.3, 0.4) is 0 Å². The summed E-state index contributed by atoms with van der Waals surface area (Å²) in [6.45, 7) is 4.60. The standard InChI is InChI=1S/C24H20N4OS/c1-16(2)20-7-5-8-21-22(20)27-24(30-21)28(15-19-6-3-4-13-26-19)23(29)18-11-9-17(14-25)10-12-18/h3-13,16H,15H2,1-2H3. The first kappa shape index (κ1) is 19.7. The minimum atomic E-state index is -0.171. The summed E-state index contributed by atoms with van der Waals surface area (Å²) in [7, 11) is 0. The molecule has 2 aromatic heterocycles. The summed E-state index contributed by atoms with van der Waals surface area (Å²) in [5, 5.41) is 9.68. The Morgan fingerprint density at radius 1 is 1.10 bits per heavy atom. The van der Waals surface area contributed by atoms with E-state index in [2.05, 4.69) is 31.0 Å². The second kappa shape index (κ2) is 8.44. The number of pyridine rings is 1. The SMILES string of the molecule is CC(C)c1cccc2sc(N(Cc3ccccn3)C(=O)c3ccc(C#N)cc3)nc12. The van der Waals surface area contributed by atoms with Crippen LogP contribution >= 0.6 is 11.3 Å². The van der Waals surface area contributed by atoms with Crippen molar-refractivity contribution in [1.82, 2.24) is 9.97 Å². The lowest BCUT2D eigenvalue weighted by atomic mass is 10.0. The maximum atomic E-state index is 13.4. The summed E-state index contributed by atoms with van der Waals surface area (Å²) in [6.07, 6.45) is 1.72. The number of amides is 1. The molecule has 30 heavy (non-hydrogen) atoms. The van der Waals surface area contributed by atoms with Gasteiger partial charge in [0.15, 0.2) is 5.13 Å². The first-order chi connectivity index (χ1) is 14.6. The molecule has 0 atom stereocenters. The van der Waals surface area contributed by atoms with Crippen molar-refractivity contribution >= 4 is 32.6 Å². The second-order valence-corrected chi connectivity index (χ2v) is 8.26. The maximum absolute atomic E-state index is 13.4. The highest BCUT2D eigenvalue weighted by Crippen LogP contribution is 2.34. The number of thiazole rings is 1. The first-order valence-electron chi connectivity index (χ1n) is 9.68. The molecule has 0 saturated heterocycles. The van der Waals surface area contributed by atoms with Crippen molar-refractivity contribution in [1.29, 1.82) is 5.26 Å². The number of nitrogens with zero attached hydrogens (tertiary/aromatic N) is 4. The van der Waals surface area contributed by atoms with E-state index in [4.69, 9.17) is 10.2 Å². The van der Waals surface area contributed by atoms with E-state index in [-0.39, 0.29) is 5.91 Å². The molecular formula is C24H20N4OS. The van der Waals surface area contributed by atoms with Gasteiger partial charge in [-0.3, -0.25) is 14.7 Å². The first-order valence-corrected chi connectivity index (χ1v) is 10.5. The van der Waals surface area contributed by atoms with Crippen LogP contribution in [0.15, 0.2) is 66.9 Å². The van der Waals surface area contributed by atoms with Crippen LogP contribution in [0.2, 0.25) is 0 Å². The van der Waals surface area contributed by atoms with Gasteiger partial charge in [0.1, 0.15) is 0 Å². The number of para-hydroxylation sites is 1. The van der Waals surface area contributed by atoms with Crippen molar-refractivity contribution in [3.05, 3.63) is 89.2 Å². The molecule has 0 aliphatic carbocycles. The molecule has 0 saturated carbocycles. The minimum absolute atomic E-state index is 0.171. The average Bonchev–Trinajstić information content (AvgIpc) is 3.21. The van der Waals surface area contributed by atoms with E-state index < -0.39 is 0 Å². The summed E-state index contributed by atoms with van der Waals surface area (Å²) < 4.78 is 1.05. The fourth-order valence-corrected chi connectivity index (χ4v) is 4.26. The third-order valence-corrected chi connectivity index (χ3v) is 5.89. The van der Waals surface area contributed by atoms with E-state index in [1.54, 1.807) is 35.4 Å². The predicted molar refractivity (Wildman–Crippen MR) is 120 cm³/mol. The average molecular weight is 413 g/mol. The van der Waals surface area contributed by atoms with Gasteiger partial charge in [0.05, 0.1) is 34.1 Å². The van der Waals surface area contributed by atoms with E-state index in [0.717, 1.165) is 15.9 Å². The van der Waals surface area contributed by atoms with Gasteiger partial charge in [-0.25, -0.2) is 4.98 Å². The summed E-state index contributed by atoms with van der Waals surface area (Å²) in [6, 6.07) is 20.6. The van der Waals surface area contributed by atoms with E-state index >= 15 is 0 Å². The molecule has 2 aromatic carbocycles. The highest BCUT2D eigenvalue weighted by atomic mass is 32.1. The van der Waals surface area contributed by atoms with Crippen LogP contribution in [0, 0.1) is 11.3 Å². The Bertz CT molecular complexity index is 1220. The van der Waals surface area contributed by atoms with Crippen LogP contribution in [0.1, 0.15) is 46.9 Å². The molecule has 0 unspecified atom stereocenters. The lowest BCUT2D eigenvalue weighted by molar-refractivity contribution is 0.0985. The van der Waals surface area contributed by atoms with Crippen LogP contribution < -0.4 is 4.90 Å². The lowest BCUT2D eigenvalue weighted by Gasteiger charge is -2.19. The van der Waals surface area contributed by atoms with E-state index in [9.17, 15) is 4.79 Å². The van der Waals surface area contributed by atoms with Crippen LogP contribution in [-0.4, -0.2) is 15.9 Å². The van der Waals surface area contributed by atoms with E-state index in [1.807, 2.05) is 30.3 Å². The van der Waals surface area contributed by atoms with Crippen molar-refractivity contribution in [2.24, 2.45) is 0 Å². The Labute approximate surface area is 179 Å². The fourth-order valence-electron chi connectivity index (χ4n) is 3.26. The number of hydrogen-bond acceptors (Lipinski definition) is 5. The molecule has 4 rings (SSSR count). The van der Waals surface area contributed by atoms with Crippen LogP contribution in [-0.2, 0) is 6.54 Å². The summed E-state index contributed by atoms with van der Waals surface area (Å²) in [5.74, 6) is 0.164. The number of fused-ring (bicyclic) bond motifs is 1. The highest BCUT2D eigenvalue weighted by Gasteiger charge is 2.23. The van der Waals surface area contributed by atoms with Crippen LogP contribution in [0.4, 0.5) is 5.13 Å². The molecule has 0 aliphatic heterocycles. The summed E-state index contributed by atoms with van der Waals surface area (Å²) >= 11 is 1.50. The molecule has 0 N–H and O–H groups in total. The van der Waals surface area contributed by atoms with Crippen molar-refractivity contribution in [3.8, 4) is 6.07 Å². The number of anilines is 1. The molecule has 0 aliphatic rings. The van der Waals surface area contributed by atoms with Gasteiger partial charge >= 0.3 is 0 Å². The highest BCUT2D eigenvalue weighted by molar-refractivity contribution is 7.22. The van der Waals surface area contributed by atoms with Gasteiger partial charge in [0.2, 0.25) is 0 Å². The van der Waals surface area contributed by atoms with Crippen molar-refractivity contribution < 1.29 is 4.79 Å². The fraction of sp³-hybridized carbons (Fsp3) is 0.167. The largest absolute Gasteiger partial charge is 0.278 e. The Morgan fingerprint density at radius 2 is 1.90 bits per heavy atom. The monoisotopic (exact) mass is 412 g/mol. The van der Waals surface area contributed by atoms with Gasteiger partial charge < -0.3 is 0 Å². The molecule has 0 fully saturated rings. The molecule has 0 spiro atoms. The summed E-state index contributed by atoms with van der Waals surface area (Å²) in [4.78, 5) is 24.3. The normalized spacial score (nSPS) is 10.9. The van der Waals surface area contributed by atoms with Gasteiger partial charge in [0.25, 0.3) is 5.91 Å². The van der Waals surface area contributed by atoms with Crippen LogP contribution in [0.5, 0.6) is 0 Å². The molecule has 4 aromatic rings. The molecule has 0 radical (unpaired) electrons. The number of aromatic nitrogens is 2. The van der Waals surface area contributed by atoms with Gasteiger partial charge in [-0.05, 0) is 53.9 Å².